The van der Waals surface area contributed by atoms with Gasteiger partial charge in [0.2, 0.25) is 0 Å². The molecule has 3 heteroatoms. The van der Waals surface area contributed by atoms with Crippen LogP contribution in [0.25, 0.3) is 0 Å². The van der Waals surface area contributed by atoms with Crippen LogP contribution in [-0.2, 0) is 4.74 Å². The van der Waals surface area contributed by atoms with E-state index in [1.807, 2.05) is 43.1 Å². The molecule has 0 bridgehead atoms. The van der Waals surface area contributed by atoms with Gasteiger partial charge in [-0.3, -0.25) is 4.79 Å². The van der Waals surface area contributed by atoms with Gasteiger partial charge in [-0.1, -0.05) is 17.7 Å². The monoisotopic (exact) mass is 261 g/mol. The molecule has 0 aromatic heterocycles. The molecule has 1 heterocycles. The summed E-state index contributed by atoms with van der Waals surface area (Å²) in [6.07, 6.45) is 3.34. The van der Waals surface area contributed by atoms with Crippen molar-refractivity contribution in [2.24, 2.45) is 5.92 Å². The first-order valence-electron chi connectivity index (χ1n) is 7.06. The normalized spacial score (nSPS) is 16.3. The Labute approximate surface area is 115 Å². The second kappa shape index (κ2) is 6.71. The number of nitrogens with zero attached hydrogens (tertiary/aromatic N) is 1. The van der Waals surface area contributed by atoms with Gasteiger partial charge in [0.15, 0.2) is 0 Å². The Hall–Kier alpha value is -1.35. The molecule has 1 saturated heterocycles. The van der Waals surface area contributed by atoms with Crippen LogP contribution in [0.1, 0.15) is 35.2 Å². The van der Waals surface area contributed by atoms with Crippen LogP contribution < -0.4 is 0 Å². The maximum Gasteiger partial charge on any atom is 0.253 e. The zero-order valence-corrected chi connectivity index (χ0v) is 11.9. The van der Waals surface area contributed by atoms with E-state index in [9.17, 15) is 4.79 Å². The van der Waals surface area contributed by atoms with Crippen molar-refractivity contribution in [1.82, 2.24) is 4.90 Å². The smallest absolute Gasteiger partial charge is 0.253 e. The molecule has 0 radical (unpaired) electrons. The average Bonchev–Trinajstić information content (AvgIpc) is 2.45. The predicted octanol–water partition coefficient (Wildman–Crippen LogP) is 2.88. The van der Waals surface area contributed by atoms with Crippen LogP contribution >= 0.6 is 0 Å². The number of rotatable bonds is 4. The van der Waals surface area contributed by atoms with E-state index in [1.165, 1.54) is 0 Å². The maximum atomic E-state index is 12.3. The molecule has 0 saturated carbocycles. The first-order chi connectivity index (χ1) is 9.16. The molecule has 1 amide bonds. The molecule has 1 aliphatic heterocycles. The van der Waals surface area contributed by atoms with Crippen LogP contribution in [0, 0.1) is 12.8 Å². The summed E-state index contributed by atoms with van der Waals surface area (Å²) in [5.74, 6) is 0.831. The molecule has 1 aromatic carbocycles. The molecule has 1 fully saturated rings. The summed E-state index contributed by atoms with van der Waals surface area (Å²) in [4.78, 5) is 14.1. The summed E-state index contributed by atoms with van der Waals surface area (Å²) in [5.41, 5.74) is 1.91. The first kappa shape index (κ1) is 14.1. The molecule has 104 valence electrons. The molecule has 1 aliphatic rings. The quantitative estimate of drug-likeness (QED) is 0.834. The number of aryl methyl sites for hydroxylation is 1. The summed E-state index contributed by atoms with van der Waals surface area (Å²) in [5, 5.41) is 0. The highest BCUT2D eigenvalue weighted by atomic mass is 16.5. The Kier molecular flexibility index (Phi) is 4.97. The van der Waals surface area contributed by atoms with Crippen LogP contribution in [0.3, 0.4) is 0 Å². The fourth-order valence-electron chi connectivity index (χ4n) is 2.51. The number of benzene rings is 1. The standard InChI is InChI=1S/C16H23NO2/c1-13-4-3-5-15(12-13)16(18)17(2)9-6-14-7-10-19-11-8-14/h3-5,12,14H,6-11H2,1-2H3. The van der Waals surface area contributed by atoms with Crippen molar-refractivity contribution in [3.63, 3.8) is 0 Å². The van der Waals surface area contributed by atoms with Crippen LogP contribution in [0.4, 0.5) is 0 Å². The SMILES string of the molecule is Cc1cccc(C(=O)N(C)CCC2CCOCC2)c1. The van der Waals surface area contributed by atoms with Gasteiger partial charge in [0.25, 0.3) is 5.91 Å². The lowest BCUT2D eigenvalue weighted by Crippen LogP contribution is -2.30. The van der Waals surface area contributed by atoms with Gasteiger partial charge >= 0.3 is 0 Å². The highest BCUT2D eigenvalue weighted by Gasteiger charge is 2.17. The van der Waals surface area contributed by atoms with E-state index in [0.717, 1.165) is 50.1 Å². The number of hydrogen-bond acceptors (Lipinski definition) is 2. The molecule has 1 aromatic rings. The second-order valence-corrected chi connectivity index (χ2v) is 5.44. The van der Waals surface area contributed by atoms with Crippen LogP contribution in [-0.4, -0.2) is 37.6 Å². The van der Waals surface area contributed by atoms with Crippen molar-refractivity contribution in [2.75, 3.05) is 26.8 Å². The molecule has 3 nitrogen and oxygen atoms in total. The van der Waals surface area contributed by atoms with Crippen molar-refractivity contribution in [1.29, 1.82) is 0 Å². The van der Waals surface area contributed by atoms with Gasteiger partial charge in [0.1, 0.15) is 0 Å². The Morgan fingerprint density at radius 2 is 2.11 bits per heavy atom. The van der Waals surface area contributed by atoms with E-state index in [4.69, 9.17) is 4.74 Å². The molecular formula is C16H23NO2. The van der Waals surface area contributed by atoms with E-state index in [-0.39, 0.29) is 5.91 Å². The van der Waals surface area contributed by atoms with Gasteiger partial charge in [-0.2, -0.15) is 0 Å². The van der Waals surface area contributed by atoms with E-state index in [0.29, 0.717) is 5.92 Å². The van der Waals surface area contributed by atoms with Crippen molar-refractivity contribution in [2.45, 2.75) is 26.2 Å². The Morgan fingerprint density at radius 1 is 1.37 bits per heavy atom. The molecule has 0 aliphatic carbocycles. The minimum absolute atomic E-state index is 0.121. The minimum Gasteiger partial charge on any atom is -0.381 e. The van der Waals surface area contributed by atoms with Crippen molar-refractivity contribution in [3.8, 4) is 0 Å². The molecular weight excluding hydrogens is 238 g/mol. The highest BCUT2D eigenvalue weighted by Crippen LogP contribution is 2.19. The number of carbonyl (C=O) groups excluding carboxylic acids is 1. The fraction of sp³-hybridized carbons (Fsp3) is 0.562. The number of ether oxygens (including phenoxy) is 1. The topological polar surface area (TPSA) is 29.5 Å². The zero-order chi connectivity index (χ0) is 13.7. The lowest BCUT2D eigenvalue weighted by molar-refractivity contribution is 0.0583. The van der Waals surface area contributed by atoms with Gasteiger partial charge in [0.05, 0.1) is 0 Å². The third-order valence-corrected chi connectivity index (χ3v) is 3.83. The summed E-state index contributed by atoms with van der Waals surface area (Å²) in [6, 6.07) is 7.79. The third-order valence-electron chi connectivity index (χ3n) is 3.83. The molecule has 0 unspecified atom stereocenters. The molecule has 2 rings (SSSR count). The second-order valence-electron chi connectivity index (χ2n) is 5.44. The minimum atomic E-state index is 0.121. The molecule has 0 atom stereocenters. The van der Waals surface area contributed by atoms with E-state index in [1.54, 1.807) is 0 Å². The molecule has 0 spiro atoms. The van der Waals surface area contributed by atoms with Gasteiger partial charge in [-0.05, 0) is 44.2 Å². The average molecular weight is 261 g/mol. The van der Waals surface area contributed by atoms with Crippen LogP contribution in [0.5, 0.6) is 0 Å². The first-order valence-corrected chi connectivity index (χ1v) is 7.06. The fourth-order valence-corrected chi connectivity index (χ4v) is 2.51. The third kappa shape index (κ3) is 4.06. The number of hydrogen-bond donors (Lipinski definition) is 0. The summed E-state index contributed by atoms with van der Waals surface area (Å²) >= 11 is 0. The molecule has 19 heavy (non-hydrogen) atoms. The highest BCUT2D eigenvalue weighted by molar-refractivity contribution is 5.94. The summed E-state index contributed by atoms with van der Waals surface area (Å²) in [7, 11) is 1.89. The van der Waals surface area contributed by atoms with Crippen LogP contribution in [0.15, 0.2) is 24.3 Å². The van der Waals surface area contributed by atoms with E-state index < -0.39 is 0 Å². The van der Waals surface area contributed by atoms with Gasteiger partial charge in [-0.15, -0.1) is 0 Å². The van der Waals surface area contributed by atoms with Gasteiger partial charge in [0, 0.05) is 32.4 Å². The lowest BCUT2D eigenvalue weighted by atomic mass is 9.96. The van der Waals surface area contributed by atoms with Crippen LogP contribution in [0.2, 0.25) is 0 Å². The van der Waals surface area contributed by atoms with Crippen molar-refractivity contribution >= 4 is 5.91 Å². The Bertz CT molecular complexity index is 425. The van der Waals surface area contributed by atoms with Gasteiger partial charge in [-0.25, -0.2) is 0 Å². The maximum absolute atomic E-state index is 12.3. The van der Waals surface area contributed by atoms with E-state index in [2.05, 4.69) is 0 Å². The van der Waals surface area contributed by atoms with Gasteiger partial charge < -0.3 is 9.64 Å². The number of amides is 1. The largest absolute Gasteiger partial charge is 0.381 e. The Balaban J connectivity index is 1.85. The lowest BCUT2D eigenvalue weighted by Gasteiger charge is -2.25. The molecule has 0 N–H and O–H groups in total. The predicted molar refractivity (Wildman–Crippen MR) is 76.3 cm³/mol. The number of carbonyl (C=O) groups is 1. The van der Waals surface area contributed by atoms with E-state index >= 15 is 0 Å². The summed E-state index contributed by atoms with van der Waals surface area (Å²) < 4.78 is 5.36. The Morgan fingerprint density at radius 3 is 2.79 bits per heavy atom. The van der Waals surface area contributed by atoms with Crippen molar-refractivity contribution in [3.05, 3.63) is 35.4 Å². The zero-order valence-electron chi connectivity index (χ0n) is 11.9. The van der Waals surface area contributed by atoms with Crippen molar-refractivity contribution < 1.29 is 9.53 Å². The summed E-state index contributed by atoms with van der Waals surface area (Å²) in [6.45, 7) is 4.59.